The molecular weight excluding hydrogens is 358 g/mol. The van der Waals surface area contributed by atoms with Crippen LogP contribution in [-0.4, -0.2) is 22.9 Å². The molecule has 0 unspecified atom stereocenters. The van der Waals surface area contributed by atoms with Crippen molar-refractivity contribution in [1.29, 1.82) is 0 Å². The van der Waals surface area contributed by atoms with E-state index >= 15 is 0 Å². The fourth-order valence-electron chi connectivity index (χ4n) is 2.80. The van der Waals surface area contributed by atoms with Crippen LogP contribution in [0.2, 0.25) is 0 Å². The first-order valence-electron chi connectivity index (χ1n) is 8.84. The number of rotatable bonds is 5. The zero-order valence-electron chi connectivity index (χ0n) is 15.6. The maximum atomic E-state index is 12.1. The van der Waals surface area contributed by atoms with Crippen molar-refractivity contribution in [2.75, 3.05) is 12.1 Å². The molecule has 0 bridgehead atoms. The number of benzene rings is 2. The number of aromatic nitrogens is 2. The molecule has 4 rings (SSSR count). The van der Waals surface area contributed by atoms with E-state index < -0.39 is 0 Å². The van der Waals surface area contributed by atoms with Gasteiger partial charge in [0.15, 0.2) is 11.5 Å². The van der Waals surface area contributed by atoms with Gasteiger partial charge in [-0.2, -0.15) is 0 Å². The highest BCUT2D eigenvalue weighted by molar-refractivity contribution is 6.00. The second-order valence-corrected chi connectivity index (χ2v) is 6.53. The quantitative estimate of drug-likeness (QED) is 0.683. The van der Waals surface area contributed by atoms with Gasteiger partial charge in [0.05, 0.1) is 6.42 Å². The lowest BCUT2D eigenvalue weighted by Crippen LogP contribution is -2.07. The third-order valence-corrected chi connectivity index (χ3v) is 4.45. The van der Waals surface area contributed by atoms with E-state index in [1.54, 1.807) is 18.2 Å². The van der Waals surface area contributed by atoms with Gasteiger partial charge in [-0.3, -0.25) is 10.1 Å². The van der Waals surface area contributed by atoms with Crippen LogP contribution in [-0.2, 0) is 11.2 Å². The molecule has 0 atom stereocenters. The van der Waals surface area contributed by atoms with Crippen molar-refractivity contribution < 1.29 is 18.7 Å². The molecule has 0 aliphatic carbocycles. The van der Waals surface area contributed by atoms with E-state index in [9.17, 15) is 4.79 Å². The summed E-state index contributed by atoms with van der Waals surface area (Å²) in [7, 11) is 0. The third-order valence-electron chi connectivity index (χ3n) is 4.45. The highest BCUT2D eigenvalue weighted by Gasteiger charge is 2.13. The number of hydrogen-bond acceptors (Lipinski definition) is 6. The van der Waals surface area contributed by atoms with Crippen molar-refractivity contribution in [1.82, 2.24) is 10.2 Å². The van der Waals surface area contributed by atoms with Crippen molar-refractivity contribution in [3.8, 4) is 11.5 Å². The van der Waals surface area contributed by atoms with E-state index in [4.69, 9.17) is 13.9 Å². The predicted octanol–water partition coefficient (Wildman–Crippen LogP) is 3.66. The molecule has 142 valence electrons. The number of nitrogens with one attached hydrogen (secondary N) is 1. The van der Waals surface area contributed by atoms with E-state index in [2.05, 4.69) is 41.5 Å². The molecule has 28 heavy (non-hydrogen) atoms. The number of carbonyl (C=O) groups is 1. The summed E-state index contributed by atoms with van der Waals surface area (Å²) < 4.78 is 16.1. The Labute approximate surface area is 162 Å². The number of fused-ring (bicyclic) bond motifs is 1. The Morgan fingerprint density at radius 3 is 2.79 bits per heavy atom. The lowest BCUT2D eigenvalue weighted by molar-refractivity contribution is -0.112. The van der Waals surface area contributed by atoms with Crippen LogP contribution in [0.5, 0.6) is 11.5 Å². The maximum Gasteiger partial charge on any atom is 0.322 e. The third kappa shape index (κ3) is 4.03. The van der Waals surface area contributed by atoms with Gasteiger partial charge >= 0.3 is 6.01 Å². The molecule has 2 heterocycles. The Kier molecular flexibility index (Phi) is 4.80. The minimum Gasteiger partial charge on any atom is -0.454 e. The smallest absolute Gasteiger partial charge is 0.322 e. The van der Waals surface area contributed by atoms with Gasteiger partial charge in [0.1, 0.15) is 0 Å². The molecular formula is C21H19N3O4. The van der Waals surface area contributed by atoms with Gasteiger partial charge < -0.3 is 13.9 Å². The fourth-order valence-corrected chi connectivity index (χ4v) is 2.80. The number of aryl methyl sites for hydroxylation is 2. The summed E-state index contributed by atoms with van der Waals surface area (Å²) in [6, 6.07) is 11.7. The van der Waals surface area contributed by atoms with E-state index in [0.717, 1.165) is 11.1 Å². The normalized spacial score (nSPS) is 12.5. The van der Waals surface area contributed by atoms with E-state index in [0.29, 0.717) is 23.8 Å². The molecule has 2 aromatic carbocycles. The minimum atomic E-state index is -0.362. The van der Waals surface area contributed by atoms with E-state index in [1.165, 1.54) is 17.2 Å². The zero-order valence-corrected chi connectivity index (χ0v) is 15.6. The minimum absolute atomic E-state index is 0.0687. The lowest BCUT2D eigenvalue weighted by atomic mass is 10.0. The number of nitrogens with zero attached hydrogens (tertiary/aromatic N) is 2. The number of carbonyl (C=O) groups excluding carboxylic acids is 1. The van der Waals surface area contributed by atoms with E-state index in [-0.39, 0.29) is 18.7 Å². The first-order chi connectivity index (χ1) is 13.6. The highest BCUT2D eigenvalue weighted by atomic mass is 16.7. The molecule has 1 aliphatic rings. The molecule has 0 saturated carbocycles. The molecule has 3 aromatic rings. The van der Waals surface area contributed by atoms with Crippen molar-refractivity contribution in [3.05, 3.63) is 70.6 Å². The van der Waals surface area contributed by atoms with Gasteiger partial charge in [0, 0.05) is 6.08 Å². The largest absolute Gasteiger partial charge is 0.454 e. The molecule has 7 heteroatoms. The predicted molar refractivity (Wildman–Crippen MR) is 103 cm³/mol. The van der Waals surface area contributed by atoms with Crippen LogP contribution in [0.4, 0.5) is 6.01 Å². The first kappa shape index (κ1) is 17.8. The van der Waals surface area contributed by atoms with Gasteiger partial charge in [-0.25, -0.2) is 0 Å². The van der Waals surface area contributed by atoms with E-state index in [1.807, 2.05) is 12.1 Å². The maximum absolute atomic E-state index is 12.1. The Hall–Kier alpha value is -3.61. The average Bonchev–Trinajstić information content (AvgIpc) is 3.32. The van der Waals surface area contributed by atoms with Gasteiger partial charge in [-0.05, 0) is 54.3 Å². The van der Waals surface area contributed by atoms with Crippen LogP contribution < -0.4 is 14.8 Å². The summed E-state index contributed by atoms with van der Waals surface area (Å²) in [4.78, 5) is 12.1. The Balaban J connectivity index is 1.36. The Bertz CT molecular complexity index is 1060. The summed E-state index contributed by atoms with van der Waals surface area (Å²) in [6.45, 7) is 4.34. The van der Waals surface area contributed by atoms with Crippen LogP contribution in [0.15, 0.2) is 46.9 Å². The average molecular weight is 377 g/mol. The van der Waals surface area contributed by atoms with Crippen molar-refractivity contribution in [3.63, 3.8) is 0 Å². The van der Waals surface area contributed by atoms with Gasteiger partial charge in [-0.15, -0.1) is 5.10 Å². The number of anilines is 1. The molecule has 1 N–H and O–H groups in total. The summed E-state index contributed by atoms with van der Waals surface area (Å²) in [6.07, 6.45) is 3.57. The highest BCUT2D eigenvalue weighted by Crippen LogP contribution is 2.32. The number of amides is 1. The molecule has 1 amide bonds. The summed E-state index contributed by atoms with van der Waals surface area (Å²) in [5.74, 6) is 1.44. The fraction of sp³-hybridized carbons (Fsp3) is 0.190. The van der Waals surface area contributed by atoms with Gasteiger partial charge in [0.2, 0.25) is 12.7 Å². The van der Waals surface area contributed by atoms with Crippen LogP contribution in [0.3, 0.4) is 0 Å². The molecule has 1 aromatic heterocycles. The standard InChI is InChI=1S/C21H19N3O4/c1-13-3-4-16(9-14(13)2)11-20-23-24-21(28-20)22-19(25)8-6-15-5-7-17-18(10-15)27-12-26-17/h3-10H,11-12H2,1-2H3,(H,22,24,25). The Morgan fingerprint density at radius 2 is 1.93 bits per heavy atom. The summed E-state index contributed by atoms with van der Waals surface area (Å²) >= 11 is 0. The van der Waals surface area contributed by atoms with Crippen LogP contribution in [0.1, 0.15) is 28.1 Å². The lowest BCUT2D eigenvalue weighted by Gasteiger charge is -2.02. The second kappa shape index (κ2) is 7.56. The van der Waals surface area contributed by atoms with Crippen molar-refractivity contribution >= 4 is 18.0 Å². The number of hydrogen-bond donors (Lipinski definition) is 1. The van der Waals surface area contributed by atoms with Crippen molar-refractivity contribution in [2.24, 2.45) is 0 Å². The first-order valence-corrected chi connectivity index (χ1v) is 8.84. The number of ether oxygens (including phenoxy) is 2. The monoisotopic (exact) mass is 377 g/mol. The Morgan fingerprint density at radius 1 is 1.07 bits per heavy atom. The topological polar surface area (TPSA) is 86.5 Å². The second-order valence-electron chi connectivity index (χ2n) is 6.53. The molecule has 7 nitrogen and oxygen atoms in total. The molecule has 0 radical (unpaired) electrons. The van der Waals surface area contributed by atoms with Gasteiger partial charge in [-0.1, -0.05) is 29.4 Å². The van der Waals surface area contributed by atoms with Crippen LogP contribution in [0, 0.1) is 13.8 Å². The van der Waals surface area contributed by atoms with Crippen molar-refractivity contribution in [2.45, 2.75) is 20.3 Å². The molecule has 0 saturated heterocycles. The summed E-state index contributed by atoms with van der Waals surface area (Å²) in [5, 5.41) is 10.4. The molecule has 0 spiro atoms. The van der Waals surface area contributed by atoms with Crippen LogP contribution >= 0.6 is 0 Å². The molecule has 0 fully saturated rings. The SMILES string of the molecule is Cc1ccc(Cc2nnc(NC(=O)C=Cc3ccc4c(c3)OCO4)o2)cc1C. The zero-order chi connectivity index (χ0) is 19.5. The summed E-state index contributed by atoms with van der Waals surface area (Å²) in [5.41, 5.74) is 4.34. The molecule has 1 aliphatic heterocycles. The van der Waals surface area contributed by atoms with Crippen LogP contribution in [0.25, 0.3) is 6.08 Å². The van der Waals surface area contributed by atoms with Gasteiger partial charge in [0.25, 0.3) is 5.91 Å².